The number of rotatable bonds is 3. The number of nitrogen functional groups attached to an aromatic ring is 1. The molecule has 0 spiro atoms. The van der Waals surface area contributed by atoms with Crippen molar-refractivity contribution in [3.63, 3.8) is 0 Å². The number of hydrogen-bond donors (Lipinski definition) is 2. The average Bonchev–Trinajstić information content (AvgIpc) is 2.41. The van der Waals surface area contributed by atoms with E-state index in [0.29, 0.717) is 12.1 Å². The molecule has 0 unspecified atom stereocenters. The highest BCUT2D eigenvalue weighted by molar-refractivity contribution is 5.57. The second-order valence-corrected chi connectivity index (χ2v) is 4.02. The number of anilines is 2. The number of pyridine rings is 1. The molecule has 0 saturated heterocycles. The van der Waals surface area contributed by atoms with E-state index in [4.69, 9.17) is 11.0 Å². The van der Waals surface area contributed by atoms with Gasteiger partial charge in [-0.1, -0.05) is 12.1 Å². The van der Waals surface area contributed by atoms with Gasteiger partial charge < -0.3 is 11.1 Å². The van der Waals surface area contributed by atoms with E-state index in [2.05, 4.69) is 16.4 Å². The van der Waals surface area contributed by atoms with E-state index < -0.39 is 0 Å². The fourth-order valence-corrected chi connectivity index (χ4v) is 1.72. The fourth-order valence-electron chi connectivity index (χ4n) is 1.72. The van der Waals surface area contributed by atoms with E-state index in [-0.39, 0.29) is 0 Å². The molecule has 0 saturated carbocycles. The van der Waals surface area contributed by atoms with Gasteiger partial charge in [0.1, 0.15) is 6.07 Å². The molecule has 0 aliphatic rings. The van der Waals surface area contributed by atoms with Gasteiger partial charge in [0.25, 0.3) is 0 Å². The molecule has 1 heterocycles. The van der Waals surface area contributed by atoms with Crippen molar-refractivity contribution in [3.8, 4) is 6.07 Å². The molecule has 0 amide bonds. The van der Waals surface area contributed by atoms with E-state index in [1.54, 1.807) is 18.5 Å². The minimum Gasteiger partial charge on any atom is -0.399 e. The Labute approximate surface area is 106 Å². The zero-order valence-electron chi connectivity index (χ0n) is 10.1. The maximum Gasteiger partial charge on any atom is 0.101 e. The van der Waals surface area contributed by atoms with E-state index >= 15 is 0 Å². The van der Waals surface area contributed by atoms with Crippen LogP contribution >= 0.6 is 0 Å². The molecule has 3 N–H and O–H groups in total. The van der Waals surface area contributed by atoms with Crippen LogP contribution in [0.1, 0.15) is 16.7 Å². The van der Waals surface area contributed by atoms with E-state index in [1.165, 1.54) is 0 Å². The van der Waals surface area contributed by atoms with Crippen LogP contribution in [0.5, 0.6) is 0 Å². The highest BCUT2D eigenvalue weighted by atomic mass is 14.9. The summed E-state index contributed by atoms with van der Waals surface area (Å²) in [4.78, 5) is 4.01. The van der Waals surface area contributed by atoms with Crippen LogP contribution in [0.25, 0.3) is 0 Å². The predicted octanol–water partition coefficient (Wildman–Crippen LogP) is 2.46. The largest absolute Gasteiger partial charge is 0.399 e. The van der Waals surface area contributed by atoms with Crippen LogP contribution in [-0.4, -0.2) is 4.98 Å². The molecule has 0 radical (unpaired) electrons. The smallest absolute Gasteiger partial charge is 0.101 e. The number of hydrogen-bond acceptors (Lipinski definition) is 4. The van der Waals surface area contributed by atoms with Crippen LogP contribution < -0.4 is 11.1 Å². The predicted molar refractivity (Wildman–Crippen MR) is 71.9 cm³/mol. The van der Waals surface area contributed by atoms with Gasteiger partial charge in [-0.15, -0.1) is 0 Å². The van der Waals surface area contributed by atoms with Crippen molar-refractivity contribution in [1.82, 2.24) is 4.98 Å². The SMILES string of the molecule is Cc1c(N)cccc1CNc1cnccc1C#N. The summed E-state index contributed by atoms with van der Waals surface area (Å²) in [5.74, 6) is 0. The third-order valence-electron chi connectivity index (χ3n) is 2.90. The minimum atomic E-state index is 0.589. The Morgan fingerprint density at radius 2 is 2.22 bits per heavy atom. The lowest BCUT2D eigenvalue weighted by atomic mass is 10.1. The number of nitrogens with zero attached hydrogens (tertiary/aromatic N) is 2. The molecule has 90 valence electrons. The summed E-state index contributed by atoms with van der Waals surface area (Å²) in [6.07, 6.45) is 3.26. The van der Waals surface area contributed by atoms with Crippen LogP contribution in [0.2, 0.25) is 0 Å². The standard InChI is InChI=1S/C14H14N4/c1-10-12(3-2-4-13(10)16)8-18-14-9-17-6-5-11(14)7-15/h2-6,9,18H,8,16H2,1H3. The third-order valence-corrected chi connectivity index (χ3v) is 2.90. The Balaban J connectivity index is 2.17. The van der Waals surface area contributed by atoms with Gasteiger partial charge in [0, 0.05) is 18.4 Å². The van der Waals surface area contributed by atoms with Gasteiger partial charge in [-0.05, 0) is 30.2 Å². The van der Waals surface area contributed by atoms with Crippen molar-refractivity contribution in [2.45, 2.75) is 13.5 Å². The molecule has 4 heteroatoms. The first-order chi connectivity index (χ1) is 8.72. The maximum atomic E-state index is 8.98. The topological polar surface area (TPSA) is 74.7 Å². The normalized spacial score (nSPS) is 9.78. The summed E-state index contributed by atoms with van der Waals surface area (Å²) in [6.45, 7) is 2.61. The van der Waals surface area contributed by atoms with Crippen LogP contribution in [0.15, 0.2) is 36.7 Å². The summed E-state index contributed by atoms with van der Waals surface area (Å²) < 4.78 is 0. The van der Waals surface area contributed by atoms with Crippen molar-refractivity contribution in [2.75, 3.05) is 11.1 Å². The van der Waals surface area contributed by atoms with Crippen LogP contribution in [0, 0.1) is 18.3 Å². The Bertz CT molecular complexity index is 599. The van der Waals surface area contributed by atoms with Crippen molar-refractivity contribution >= 4 is 11.4 Å². The highest BCUT2D eigenvalue weighted by Gasteiger charge is 2.04. The number of nitriles is 1. The van der Waals surface area contributed by atoms with Crippen LogP contribution in [-0.2, 0) is 6.54 Å². The quantitative estimate of drug-likeness (QED) is 0.805. The molecule has 0 aliphatic heterocycles. The molecule has 18 heavy (non-hydrogen) atoms. The first-order valence-corrected chi connectivity index (χ1v) is 5.64. The summed E-state index contributed by atoms with van der Waals surface area (Å²) in [7, 11) is 0. The van der Waals surface area contributed by atoms with Crippen molar-refractivity contribution in [2.24, 2.45) is 0 Å². The fraction of sp³-hybridized carbons (Fsp3) is 0.143. The Morgan fingerprint density at radius 1 is 1.39 bits per heavy atom. The molecule has 1 aromatic heterocycles. The molecular weight excluding hydrogens is 224 g/mol. The summed E-state index contributed by atoms with van der Waals surface area (Å²) in [6, 6.07) is 9.64. The molecule has 2 rings (SSSR count). The zero-order chi connectivity index (χ0) is 13.0. The van der Waals surface area contributed by atoms with Gasteiger partial charge >= 0.3 is 0 Å². The lowest BCUT2D eigenvalue weighted by Crippen LogP contribution is -2.04. The van der Waals surface area contributed by atoms with Gasteiger partial charge in [-0.3, -0.25) is 4.98 Å². The molecule has 4 nitrogen and oxygen atoms in total. The second kappa shape index (κ2) is 5.19. The molecule has 0 bridgehead atoms. The van der Waals surface area contributed by atoms with Crippen molar-refractivity contribution < 1.29 is 0 Å². The van der Waals surface area contributed by atoms with Gasteiger partial charge in [-0.2, -0.15) is 5.26 Å². The number of nitrogens with one attached hydrogen (secondary N) is 1. The van der Waals surface area contributed by atoms with E-state index in [1.807, 2.05) is 25.1 Å². The second-order valence-electron chi connectivity index (χ2n) is 4.02. The highest BCUT2D eigenvalue weighted by Crippen LogP contribution is 2.18. The Morgan fingerprint density at radius 3 is 3.00 bits per heavy atom. The van der Waals surface area contributed by atoms with Crippen molar-refractivity contribution in [1.29, 1.82) is 5.26 Å². The van der Waals surface area contributed by atoms with Crippen LogP contribution in [0.4, 0.5) is 11.4 Å². The number of aromatic nitrogens is 1. The monoisotopic (exact) mass is 238 g/mol. The lowest BCUT2D eigenvalue weighted by Gasteiger charge is -2.11. The minimum absolute atomic E-state index is 0.589. The van der Waals surface area contributed by atoms with E-state index in [0.717, 1.165) is 22.5 Å². The molecule has 0 aliphatic carbocycles. The Kier molecular flexibility index (Phi) is 3.44. The van der Waals surface area contributed by atoms with Gasteiger partial charge in [0.05, 0.1) is 17.4 Å². The lowest BCUT2D eigenvalue weighted by molar-refractivity contribution is 1.11. The number of nitrogens with two attached hydrogens (primary N) is 1. The van der Waals surface area contributed by atoms with E-state index in [9.17, 15) is 0 Å². The van der Waals surface area contributed by atoms with Gasteiger partial charge in [0.2, 0.25) is 0 Å². The summed E-state index contributed by atoms with van der Waals surface area (Å²) >= 11 is 0. The average molecular weight is 238 g/mol. The molecule has 0 atom stereocenters. The molecule has 2 aromatic rings. The third kappa shape index (κ3) is 2.41. The zero-order valence-corrected chi connectivity index (χ0v) is 10.1. The molecular formula is C14H14N4. The van der Waals surface area contributed by atoms with Crippen LogP contribution in [0.3, 0.4) is 0 Å². The molecule has 1 aromatic carbocycles. The number of benzene rings is 1. The van der Waals surface area contributed by atoms with Crippen molar-refractivity contribution in [3.05, 3.63) is 53.3 Å². The summed E-state index contributed by atoms with van der Waals surface area (Å²) in [5.41, 5.74) is 10.1. The Hall–Kier alpha value is -2.54. The van der Waals surface area contributed by atoms with Gasteiger partial charge in [-0.25, -0.2) is 0 Å². The maximum absolute atomic E-state index is 8.98. The first kappa shape index (κ1) is 11.9. The summed E-state index contributed by atoms with van der Waals surface area (Å²) in [5, 5.41) is 12.2. The first-order valence-electron chi connectivity index (χ1n) is 5.64. The molecule has 0 fully saturated rings. The van der Waals surface area contributed by atoms with Gasteiger partial charge in [0.15, 0.2) is 0 Å².